The molecule has 0 saturated carbocycles. The van der Waals surface area contributed by atoms with Crippen molar-refractivity contribution in [3.05, 3.63) is 32.8 Å². The average Bonchev–Trinajstić information content (AvgIpc) is 2.07. The lowest BCUT2D eigenvalue weighted by molar-refractivity contribution is 0.809. The molecule has 1 aliphatic rings. The highest BCUT2D eigenvalue weighted by Crippen LogP contribution is 2.36. The summed E-state index contributed by atoms with van der Waals surface area (Å²) in [6.07, 6.45) is 0. The Morgan fingerprint density at radius 1 is 1.54 bits per heavy atom. The van der Waals surface area contributed by atoms with Crippen molar-refractivity contribution in [2.45, 2.75) is 11.8 Å². The summed E-state index contributed by atoms with van der Waals surface area (Å²) in [7, 11) is 0. The van der Waals surface area contributed by atoms with Crippen molar-refractivity contribution < 1.29 is 0 Å². The molecule has 1 aliphatic heterocycles. The van der Waals surface area contributed by atoms with Gasteiger partial charge in [-0.2, -0.15) is 11.8 Å². The zero-order valence-electron chi connectivity index (χ0n) is 6.89. The highest BCUT2D eigenvalue weighted by molar-refractivity contribution is 9.10. The molecule has 0 radical (unpaired) electrons. The molecule has 1 atom stereocenters. The van der Waals surface area contributed by atoms with E-state index >= 15 is 0 Å². The second-order valence-corrected chi connectivity index (χ2v) is 5.43. The smallest absolute Gasteiger partial charge is 0.0460 e. The van der Waals surface area contributed by atoms with Crippen LogP contribution in [-0.4, -0.2) is 5.75 Å². The number of benzene rings is 1. The van der Waals surface area contributed by atoms with Crippen LogP contribution in [0.15, 0.2) is 16.6 Å². The quantitative estimate of drug-likeness (QED) is 0.787. The van der Waals surface area contributed by atoms with Gasteiger partial charge in [0.15, 0.2) is 0 Å². The summed E-state index contributed by atoms with van der Waals surface area (Å²) in [4.78, 5) is 0. The zero-order chi connectivity index (χ0) is 9.42. The molecule has 1 nitrogen and oxygen atoms in total. The minimum atomic E-state index is 0.128. The van der Waals surface area contributed by atoms with Crippen molar-refractivity contribution in [2.24, 2.45) is 5.73 Å². The van der Waals surface area contributed by atoms with Crippen LogP contribution in [0.1, 0.15) is 17.2 Å². The van der Waals surface area contributed by atoms with Crippen LogP contribution in [0.4, 0.5) is 0 Å². The van der Waals surface area contributed by atoms with Crippen molar-refractivity contribution >= 4 is 39.3 Å². The second kappa shape index (κ2) is 3.81. The molecular weight excluding hydrogens is 270 g/mol. The third kappa shape index (κ3) is 1.89. The maximum atomic E-state index is 6.11. The predicted molar refractivity (Wildman–Crippen MR) is 62.2 cm³/mol. The van der Waals surface area contributed by atoms with Gasteiger partial charge in [0.1, 0.15) is 0 Å². The van der Waals surface area contributed by atoms with Gasteiger partial charge >= 0.3 is 0 Å². The lowest BCUT2D eigenvalue weighted by Gasteiger charge is -2.23. The summed E-state index contributed by atoms with van der Waals surface area (Å²) < 4.78 is 1.01. The Kier molecular flexibility index (Phi) is 2.88. The van der Waals surface area contributed by atoms with Gasteiger partial charge in [-0.3, -0.25) is 0 Å². The Labute approximate surface area is 95.2 Å². The summed E-state index contributed by atoms with van der Waals surface area (Å²) in [5, 5.41) is 0.826. The molecule has 2 rings (SSSR count). The van der Waals surface area contributed by atoms with E-state index < -0.39 is 0 Å². The van der Waals surface area contributed by atoms with E-state index in [1.165, 1.54) is 11.1 Å². The Hall–Kier alpha value is 0.300. The van der Waals surface area contributed by atoms with Gasteiger partial charge in [-0.05, 0) is 23.3 Å². The number of rotatable bonds is 0. The summed E-state index contributed by atoms with van der Waals surface area (Å²) in [6, 6.07) is 4.13. The van der Waals surface area contributed by atoms with Gasteiger partial charge in [-0.15, -0.1) is 0 Å². The molecule has 0 bridgehead atoms. The normalized spacial score (nSPS) is 21.3. The molecule has 1 heterocycles. The number of halogens is 2. The Balaban J connectivity index is 2.56. The molecule has 0 unspecified atom stereocenters. The molecule has 70 valence electrons. The van der Waals surface area contributed by atoms with E-state index in [0.29, 0.717) is 0 Å². The van der Waals surface area contributed by atoms with Crippen LogP contribution < -0.4 is 5.73 Å². The van der Waals surface area contributed by atoms with E-state index in [2.05, 4.69) is 22.0 Å². The van der Waals surface area contributed by atoms with E-state index in [1.54, 1.807) is 0 Å². The Morgan fingerprint density at radius 3 is 3.08 bits per heavy atom. The highest BCUT2D eigenvalue weighted by atomic mass is 79.9. The fourth-order valence-corrected chi connectivity index (χ4v) is 3.54. The lowest BCUT2D eigenvalue weighted by atomic mass is 10.0. The minimum absolute atomic E-state index is 0.128. The number of fused-ring (bicyclic) bond motifs is 1. The molecule has 0 aromatic heterocycles. The van der Waals surface area contributed by atoms with Gasteiger partial charge in [-0.25, -0.2) is 0 Å². The van der Waals surface area contributed by atoms with Crippen LogP contribution in [0.5, 0.6) is 0 Å². The van der Waals surface area contributed by atoms with E-state index in [1.807, 2.05) is 17.8 Å². The largest absolute Gasteiger partial charge is 0.323 e. The molecule has 0 amide bonds. The van der Waals surface area contributed by atoms with Gasteiger partial charge in [0.25, 0.3) is 0 Å². The monoisotopic (exact) mass is 277 g/mol. The number of thioether (sulfide) groups is 1. The highest BCUT2D eigenvalue weighted by Gasteiger charge is 2.19. The van der Waals surface area contributed by atoms with Crippen LogP contribution >= 0.6 is 39.3 Å². The first kappa shape index (κ1) is 9.84. The molecule has 0 fully saturated rings. The summed E-state index contributed by atoms with van der Waals surface area (Å²) >= 11 is 11.4. The molecule has 13 heavy (non-hydrogen) atoms. The van der Waals surface area contributed by atoms with Gasteiger partial charge < -0.3 is 5.73 Å². The first-order valence-corrected chi connectivity index (χ1v) is 6.32. The average molecular weight is 279 g/mol. The molecular formula is C9H9BrClNS. The fraction of sp³-hybridized carbons (Fsp3) is 0.333. The molecule has 0 aliphatic carbocycles. The SMILES string of the molecule is N[C@@H]1CSCc2c(Cl)cc(Br)cc21. The maximum Gasteiger partial charge on any atom is 0.0460 e. The predicted octanol–water partition coefficient (Wildman–Crippen LogP) is 3.35. The van der Waals surface area contributed by atoms with Crippen LogP contribution in [-0.2, 0) is 5.75 Å². The van der Waals surface area contributed by atoms with Gasteiger partial charge in [-0.1, -0.05) is 27.5 Å². The Bertz CT molecular complexity index is 343. The van der Waals surface area contributed by atoms with Crippen molar-refractivity contribution in [2.75, 3.05) is 5.75 Å². The summed E-state index contributed by atoms with van der Waals surface area (Å²) in [5.74, 6) is 1.97. The molecule has 0 spiro atoms. The topological polar surface area (TPSA) is 26.0 Å². The standard InChI is InChI=1S/C9H9BrClNS/c10-5-1-6-7(8(11)2-5)3-13-4-9(6)12/h1-2,9H,3-4,12H2/t9-/m1/s1. The Morgan fingerprint density at radius 2 is 2.31 bits per heavy atom. The third-order valence-corrected chi connectivity index (χ3v) is 4.02. The molecule has 1 aromatic carbocycles. The van der Waals surface area contributed by atoms with Gasteiger partial charge in [0.2, 0.25) is 0 Å². The summed E-state index contributed by atoms with van der Waals surface area (Å²) in [6.45, 7) is 0. The summed E-state index contributed by atoms with van der Waals surface area (Å²) in [5.41, 5.74) is 8.38. The molecule has 4 heteroatoms. The van der Waals surface area contributed by atoms with Crippen molar-refractivity contribution in [3.8, 4) is 0 Å². The molecule has 0 saturated heterocycles. The van der Waals surface area contributed by atoms with E-state index in [0.717, 1.165) is 21.0 Å². The fourth-order valence-electron chi connectivity index (χ4n) is 1.48. The van der Waals surface area contributed by atoms with Crippen LogP contribution in [0.2, 0.25) is 5.02 Å². The second-order valence-electron chi connectivity index (χ2n) is 3.08. The number of hydrogen-bond acceptors (Lipinski definition) is 2. The lowest BCUT2D eigenvalue weighted by Crippen LogP contribution is -2.19. The number of nitrogens with two attached hydrogens (primary N) is 1. The zero-order valence-corrected chi connectivity index (χ0v) is 10.0. The van der Waals surface area contributed by atoms with Crippen LogP contribution in [0.3, 0.4) is 0 Å². The third-order valence-electron chi connectivity index (χ3n) is 2.14. The van der Waals surface area contributed by atoms with Crippen molar-refractivity contribution in [3.63, 3.8) is 0 Å². The van der Waals surface area contributed by atoms with Gasteiger partial charge in [0.05, 0.1) is 0 Å². The molecule has 1 aromatic rings. The van der Waals surface area contributed by atoms with E-state index in [9.17, 15) is 0 Å². The first-order valence-electron chi connectivity index (χ1n) is 3.99. The number of hydrogen-bond donors (Lipinski definition) is 1. The van der Waals surface area contributed by atoms with Crippen LogP contribution in [0.25, 0.3) is 0 Å². The van der Waals surface area contributed by atoms with Crippen molar-refractivity contribution in [1.82, 2.24) is 0 Å². The van der Waals surface area contributed by atoms with Crippen molar-refractivity contribution in [1.29, 1.82) is 0 Å². The van der Waals surface area contributed by atoms with Crippen LogP contribution in [0, 0.1) is 0 Å². The molecule has 2 N–H and O–H groups in total. The maximum absolute atomic E-state index is 6.11. The van der Waals surface area contributed by atoms with E-state index in [4.69, 9.17) is 17.3 Å². The van der Waals surface area contributed by atoms with Gasteiger partial charge in [0, 0.05) is 27.0 Å². The van der Waals surface area contributed by atoms with E-state index in [-0.39, 0.29) is 6.04 Å². The first-order chi connectivity index (χ1) is 6.18. The minimum Gasteiger partial charge on any atom is -0.323 e.